The molecule has 2 heterocycles. The van der Waals surface area contributed by atoms with Crippen molar-refractivity contribution >= 4 is 11.7 Å². The molecule has 1 aliphatic carbocycles. The maximum Gasteiger partial charge on any atom is 0.319 e. The van der Waals surface area contributed by atoms with Crippen LogP contribution in [0.5, 0.6) is 11.5 Å². The number of hydrogen-bond donors (Lipinski definition) is 2. The number of hydrogen-bond acceptors (Lipinski definition) is 4. The van der Waals surface area contributed by atoms with Gasteiger partial charge in [-0.05, 0) is 31.4 Å². The lowest BCUT2D eigenvalue weighted by atomic mass is 10.2. The van der Waals surface area contributed by atoms with Gasteiger partial charge in [0.15, 0.2) is 11.5 Å². The van der Waals surface area contributed by atoms with Crippen LogP contribution in [0.15, 0.2) is 18.2 Å². The fraction of sp³-hybridized carbons (Fsp3) is 0.533. The topological polar surface area (TPSA) is 62.8 Å². The molecule has 4 rings (SSSR count). The average molecular weight is 289 g/mol. The number of nitrogens with zero attached hydrogens (tertiary/aromatic N) is 1. The smallest absolute Gasteiger partial charge is 0.319 e. The van der Waals surface area contributed by atoms with Gasteiger partial charge in [0.25, 0.3) is 0 Å². The lowest BCUT2D eigenvalue weighted by molar-refractivity contribution is 0.174. The normalized spacial score (nSPS) is 24.1. The Labute approximate surface area is 123 Å². The standard InChI is InChI=1S/C15H19N3O3/c19-15(17-11-5-6-18(8-11)12-2-3-12)16-10-1-4-13-14(7-10)21-9-20-13/h1,4,7,11-12H,2-3,5-6,8-9H2,(H2,16,17,19)/t11-/m0/s1. The summed E-state index contributed by atoms with van der Waals surface area (Å²) in [5.74, 6) is 1.39. The van der Waals surface area contributed by atoms with Crippen molar-refractivity contribution in [3.8, 4) is 11.5 Å². The zero-order valence-corrected chi connectivity index (χ0v) is 11.8. The summed E-state index contributed by atoms with van der Waals surface area (Å²) in [4.78, 5) is 14.5. The van der Waals surface area contributed by atoms with E-state index in [9.17, 15) is 4.79 Å². The van der Waals surface area contributed by atoms with Crippen LogP contribution in [0.1, 0.15) is 19.3 Å². The largest absolute Gasteiger partial charge is 0.454 e. The number of urea groups is 1. The zero-order valence-electron chi connectivity index (χ0n) is 11.8. The van der Waals surface area contributed by atoms with E-state index >= 15 is 0 Å². The van der Waals surface area contributed by atoms with E-state index in [1.165, 1.54) is 12.8 Å². The maximum atomic E-state index is 12.0. The highest BCUT2D eigenvalue weighted by atomic mass is 16.7. The van der Waals surface area contributed by atoms with Crippen LogP contribution in [0.4, 0.5) is 10.5 Å². The highest BCUT2D eigenvalue weighted by molar-refractivity contribution is 5.89. The fourth-order valence-electron chi connectivity index (χ4n) is 3.00. The van der Waals surface area contributed by atoms with Crippen molar-refractivity contribution in [3.63, 3.8) is 0 Å². The molecule has 0 spiro atoms. The van der Waals surface area contributed by atoms with Crippen molar-refractivity contribution in [2.24, 2.45) is 0 Å². The second-order valence-corrected chi connectivity index (χ2v) is 5.88. The van der Waals surface area contributed by atoms with E-state index in [4.69, 9.17) is 9.47 Å². The number of carbonyl (C=O) groups is 1. The molecule has 2 amide bonds. The molecule has 1 saturated heterocycles. The number of rotatable bonds is 3. The summed E-state index contributed by atoms with van der Waals surface area (Å²) in [6.45, 7) is 2.31. The van der Waals surface area contributed by atoms with E-state index in [0.717, 1.165) is 31.3 Å². The molecule has 6 nitrogen and oxygen atoms in total. The van der Waals surface area contributed by atoms with Crippen molar-refractivity contribution in [2.45, 2.75) is 31.3 Å². The quantitative estimate of drug-likeness (QED) is 0.890. The summed E-state index contributed by atoms with van der Waals surface area (Å²) in [7, 11) is 0. The van der Waals surface area contributed by atoms with Gasteiger partial charge in [0.05, 0.1) is 0 Å². The van der Waals surface area contributed by atoms with Crippen LogP contribution >= 0.6 is 0 Å². The first-order valence-corrected chi connectivity index (χ1v) is 7.49. The van der Waals surface area contributed by atoms with Crippen LogP contribution in [-0.4, -0.2) is 42.9 Å². The van der Waals surface area contributed by atoms with Gasteiger partial charge in [-0.15, -0.1) is 0 Å². The molecule has 0 bridgehead atoms. The Bertz CT molecular complexity index is 559. The second-order valence-electron chi connectivity index (χ2n) is 5.88. The lowest BCUT2D eigenvalue weighted by Crippen LogP contribution is -2.40. The van der Waals surface area contributed by atoms with Crippen LogP contribution < -0.4 is 20.1 Å². The highest BCUT2D eigenvalue weighted by Crippen LogP contribution is 2.34. The molecule has 2 aliphatic heterocycles. The lowest BCUT2D eigenvalue weighted by Gasteiger charge is -2.16. The predicted molar refractivity (Wildman–Crippen MR) is 77.7 cm³/mol. The number of fused-ring (bicyclic) bond motifs is 1. The van der Waals surface area contributed by atoms with Crippen molar-refractivity contribution < 1.29 is 14.3 Å². The summed E-state index contributed by atoms with van der Waals surface area (Å²) in [5.41, 5.74) is 0.716. The minimum absolute atomic E-state index is 0.156. The third-order valence-electron chi connectivity index (χ3n) is 4.25. The Morgan fingerprint density at radius 2 is 2.05 bits per heavy atom. The molecule has 0 radical (unpaired) electrons. The van der Waals surface area contributed by atoms with Gasteiger partial charge in [-0.1, -0.05) is 0 Å². The van der Waals surface area contributed by atoms with Gasteiger partial charge < -0.3 is 20.1 Å². The minimum Gasteiger partial charge on any atom is -0.454 e. The Morgan fingerprint density at radius 1 is 1.19 bits per heavy atom. The van der Waals surface area contributed by atoms with E-state index in [1.54, 1.807) is 6.07 Å². The molecule has 2 N–H and O–H groups in total. The molecular weight excluding hydrogens is 270 g/mol. The zero-order chi connectivity index (χ0) is 14.2. The molecule has 0 aromatic heterocycles. The molecule has 2 fully saturated rings. The molecule has 3 aliphatic rings. The van der Waals surface area contributed by atoms with Gasteiger partial charge in [0.2, 0.25) is 6.79 Å². The van der Waals surface area contributed by atoms with Crippen molar-refractivity contribution in [1.29, 1.82) is 0 Å². The van der Waals surface area contributed by atoms with Crippen LogP contribution in [0.25, 0.3) is 0 Å². The van der Waals surface area contributed by atoms with E-state index in [-0.39, 0.29) is 18.9 Å². The molecule has 0 unspecified atom stereocenters. The third kappa shape index (κ3) is 2.76. The van der Waals surface area contributed by atoms with Crippen LogP contribution in [0.2, 0.25) is 0 Å². The third-order valence-corrected chi connectivity index (χ3v) is 4.25. The van der Waals surface area contributed by atoms with E-state index in [2.05, 4.69) is 15.5 Å². The summed E-state index contributed by atoms with van der Waals surface area (Å²) < 4.78 is 10.6. The van der Waals surface area contributed by atoms with Crippen LogP contribution in [-0.2, 0) is 0 Å². The number of nitrogens with one attached hydrogen (secondary N) is 2. The monoisotopic (exact) mass is 289 g/mol. The first-order chi connectivity index (χ1) is 10.3. The molecule has 1 atom stereocenters. The first-order valence-electron chi connectivity index (χ1n) is 7.49. The Morgan fingerprint density at radius 3 is 2.90 bits per heavy atom. The van der Waals surface area contributed by atoms with Gasteiger partial charge in [-0.25, -0.2) is 4.79 Å². The highest BCUT2D eigenvalue weighted by Gasteiger charge is 2.34. The van der Waals surface area contributed by atoms with Gasteiger partial charge in [0, 0.05) is 36.9 Å². The van der Waals surface area contributed by atoms with Crippen molar-refractivity contribution in [1.82, 2.24) is 10.2 Å². The molecule has 112 valence electrons. The van der Waals surface area contributed by atoms with Gasteiger partial charge in [0.1, 0.15) is 0 Å². The van der Waals surface area contributed by atoms with Crippen molar-refractivity contribution in [2.75, 3.05) is 25.2 Å². The van der Waals surface area contributed by atoms with Crippen LogP contribution in [0, 0.1) is 0 Å². The van der Waals surface area contributed by atoms with Crippen LogP contribution in [0.3, 0.4) is 0 Å². The SMILES string of the molecule is O=C(Nc1ccc2c(c1)OCO2)N[C@H]1CCN(C2CC2)C1. The molecule has 1 aromatic rings. The van der Waals surface area contributed by atoms with E-state index in [0.29, 0.717) is 11.4 Å². The van der Waals surface area contributed by atoms with Gasteiger partial charge in [-0.2, -0.15) is 0 Å². The van der Waals surface area contributed by atoms with Crippen molar-refractivity contribution in [3.05, 3.63) is 18.2 Å². The van der Waals surface area contributed by atoms with E-state index < -0.39 is 0 Å². The molecular formula is C15H19N3O3. The molecule has 1 aromatic carbocycles. The van der Waals surface area contributed by atoms with Gasteiger partial charge >= 0.3 is 6.03 Å². The second kappa shape index (κ2) is 5.11. The minimum atomic E-state index is -0.156. The van der Waals surface area contributed by atoms with E-state index in [1.807, 2.05) is 12.1 Å². The Hall–Kier alpha value is -1.95. The molecule has 1 saturated carbocycles. The first kappa shape index (κ1) is 12.8. The number of carbonyl (C=O) groups excluding carboxylic acids is 1. The number of anilines is 1. The number of amides is 2. The molecule has 21 heavy (non-hydrogen) atoms. The number of ether oxygens (including phenoxy) is 2. The summed E-state index contributed by atoms with van der Waals surface area (Å²) in [6.07, 6.45) is 3.66. The summed E-state index contributed by atoms with van der Waals surface area (Å²) in [5, 5.41) is 5.90. The summed E-state index contributed by atoms with van der Waals surface area (Å²) >= 11 is 0. The fourth-order valence-corrected chi connectivity index (χ4v) is 3.00. The number of benzene rings is 1. The predicted octanol–water partition coefficient (Wildman–Crippen LogP) is 1.77. The Kier molecular flexibility index (Phi) is 3.11. The maximum absolute atomic E-state index is 12.0. The Balaban J connectivity index is 1.31. The summed E-state index contributed by atoms with van der Waals surface area (Å²) in [6, 6.07) is 6.28. The van der Waals surface area contributed by atoms with Gasteiger partial charge in [-0.3, -0.25) is 4.90 Å². The molecule has 6 heteroatoms. The average Bonchev–Trinajstić information content (AvgIpc) is 3.04. The number of likely N-dealkylation sites (tertiary alicyclic amines) is 1.